The van der Waals surface area contributed by atoms with Gasteiger partial charge in [0, 0.05) is 35.8 Å². The van der Waals surface area contributed by atoms with E-state index in [1.807, 2.05) is 0 Å². The molecule has 110 valence electrons. The molecule has 0 amide bonds. The maximum Gasteiger partial charge on any atom is 0.275 e. The van der Waals surface area contributed by atoms with Crippen molar-refractivity contribution in [3.63, 3.8) is 0 Å². The lowest BCUT2D eigenvalue weighted by molar-refractivity contribution is -0.385. The van der Waals surface area contributed by atoms with E-state index in [1.54, 1.807) is 12.1 Å². The monoisotopic (exact) mass is 297 g/mol. The van der Waals surface area contributed by atoms with Gasteiger partial charge in [0.15, 0.2) is 0 Å². The number of halogens is 1. The first kappa shape index (κ1) is 15.2. The fourth-order valence-corrected chi connectivity index (χ4v) is 2.87. The van der Waals surface area contributed by atoms with Crippen molar-refractivity contribution in [3.8, 4) is 0 Å². The molecule has 6 heteroatoms. The Hall–Kier alpha value is -1.17. The summed E-state index contributed by atoms with van der Waals surface area (Å²) in [6.45, 7) is 5.59. The molecular formula is C14H20ClN3O2. The van der Waals surface area contributed by atoms with Crippen molar-refractivity contribution < 1.29 is 4.92 Å². The van der Waals surface area contributed by atoms with Crippen LogP contribution < -0.4 is 5.32 Å². The van der Waals surface area contributed by atoms with E-state index in [9.17, 15) is 10.1 Å². The third-order valence-corrected chi connectivity index (χ3v) is 4.05. The van der Waals surface area contributed by atoms with Gasteiger partial charge < -0.3 is 5.32 Å². The molecule has 1 aromatic rings. The summed E-state index contributed by atoms with van der Waals surface area (Å²) in [7, 11) is 0. The zero-order valence-electron chi connectivity index (χ0n) is 11.6. The van der Waals surface area contributed by atoms with Crippen LogP contribution in [0.25, 0.3) is 0 Å². The first-order chi connectivity index (χ1) is 9.61. The minimum Gasteiger partial charge on any atom is -0.315 e. The van der Waals surface area contributed by atoms with Crippen LogP contribution in [0.5, 0.6) is 0 Å². The lowest BCUT2D eigenvalue weighted by atomic mass is 10.0. The normalized spacial score (nSPS) is 19.2. The predicted octanol–water partition coefficient (Wildman–Crippen LogP) is 2.82. The number of hydrogen-bond acceptors (Lipinski definition) is 4. The van der Waals surface area contributed by atoms with Crippen molar-refractivity contribution in [2.45, 2.75) is 32.4 Å². The van der Waals surface area contributed by atoms with Crippen LogP contribution in [0.3, 0.4) is 0 Å². The van der Waals surface area contributed by atoms with Crippen molar-refractivity contribution in [3.05, 3.63) is 38.9 Å². The third-order valence-electron chi connectivity index (χ3n) is 3.81. The number of nitrogens with zero attached hydrogens (tertiary/aromatic N) is 2. The van der Waals surface area contributed by atoms with Crippen molar-refractivity contribution in [2.24, 2.45) is 0 Å². The SMILES string of the molecule is CCN(Cc1ccc(Cl)cc1[N+](=O)[O-])C1CCCNC1. The summed E-state index contributed by atoms with van der Waals surface area (Å²) in [4.78, 5) is 13.1. The number of benzene rings is 1. The smallest absolute Gasteiger partial charge is 0.275 e. The number of likely N-dealkylation sites (N-methyl/N-ethyl adjacent to an activating group) is 1. The van der Waals surface area contributed by atoms with Gasteiger partial charge in [-0.1, -0.05) is 18.5 Å². The van der Waals surface area contributed by atoms with Gasteiger partial charge in [-0.3, -0.25) is 15.0 Å². The zero-order valence-corrected chi connectivity index (χ0v) is 12.4. The standard InChI is InChI=1S/C14H20ClN3O2/c1-2-17(13-4-3-7-16-9-13)10-11-5-6-12(15)8-14(11)18(19)20/h5-6,8,13,16H,2-4,7,9-10H2,1H3. The highest BCUT2D eigenvalue weighted by molar-refractivity contribution is 6.30. The molecule has 0 aliphatic carbocycles. The highest BCUT2D eigenvalue weighted by Crippen LogP contribution is 2.25. The number of hydrogen-bond donors (Lipinski definition) is 1. The van der Waals surface area contributed by atoms with Crippen molar-refractivity contribution in [2.75, 3.05) is 19.6 Å². The van der Waals surface area contributed by atoms with Crippen LogP contribution in [0, 0.1) is 10.1 Å². The summed E-state index contributed by atoms with van der Waals surface area (Å²) in [6, 6.07) is 5.36. The zero-order chi connectivity index (χ0) is 14.5. The highest BCUT2D eigenvalue weighted by Gasteiger charge is 2.23. The van der Waals surface area contributed by atoms with Crippen LogP contribution >= 0.6 is 11.6 Å². The van der Waals surface area contributed by atoms with E-state index >= 15 is 0 Å². The molecule has 0 bridgehead atoms. The van der Waals surface area contributed by atoms with E-state index in [-0.39, 0.29) is 10.6 Å². The average Bonchev–Trinajstić information content (AvgIpc) is 2.46. The van der Waals surface area contributed by atoms with Gasteiger partial charge in [0.25, 0.3) is 5.69 Å². The lowest BCUT2D eigenvalue weighted by Gasteiger charge is -2.33. The van der Waals surface area contributed by atoms with E-state index < -0.39 is 0 Å². The van der Waals surface area contributed by atoms with E-state index in [4.69, 9.17) is 11.6 Å². The second-order valence-electron chi connectivity index (χ2n) is 5.09. The topological polar surface area (TPSA) is 58.4 Å². The van der Waals surface area contributed by atoms with Crippen LogP contribution in [0.2, 0.25) is 5.02 Å². The van der Waals surface area contributed by atoms with Gasteiger partial charge in [0.1, 0.15) is 0 Å². The Bertz CT molecular complexity index is 475. The molecule has 1 atom stereocenters. The number of nitro groups is 1. The maximum atomic E-state index is 11.1. The summed E-state index contributed by atoms with van der Waals surface area (Å²) in [5, 5.41) is 14.9. The lowest BCUT2D eigenvalue weighted by Crippen LogP contribution is -2.45. The minimum absolute atomic E-state index is 0.111. The molecule has 1 aromatic carbocycles. The summed E-state index contributed by atoms with van der Waals surface area (Å²) in [6.07, 6.45) is 2.30. The predicted molar refractivity (Wildman–Crippen MR) is 80.1 cm³/mol. The molecule has 1 unspecified atom stereocenters. The average molecular weight is 298 g/mol. The van der Waals surface area contributed by atoms with Gasteiger partial charge in [-0.25, -0.2) is 0 Å². The van der Waals surface area contributed by atoms with Crippen LogP contribution in [-0.4, -0.2) is 35.5 Å². The number of rotatable bonds is 5. The number of nitrogens with one attached hydrogen (secondary N) is 1. The Kier molecular flexibility index (Phi) is 5.34. The van der Waals surface area contributed by atoms with Gasteiger partial charge in [-0.2, -0.15) is 0 Å². The molecular weight excluding hydrogens is 278 g/mol. The van der Waals surface area contributed by atoms with Gasteiger partial charge in [0.05, 0.1) is 4.92 Å². The van der Waals surface area contributed by atoms with Crippen molar-refractivity contribution in [1.82, 2.24) is 10.2 Å². The molecule has 20 heavy (non-hydrogen) atoms. The Balaban J connectivity index is 2.16. The summed E-state index contributed by atoms with van der Waals surface area (Å²) in [5.41, 5.74) is 0.839. The van der Waals surface area contributed by atoms with Gasteiger partial charge >= 0.3 is 0 Å². The van der Waals surface area contributed by atoms with E-state index in [0.29, 0.717) is 17.6 Å². The molecule has 0 radical (unpaired) electrons. The van der Waals surface area contributed by atoms with Gasteiger partial charge in [-0.05, 0) is 38.1 Å². The molecule has 0 aromatic heterocycles. The van der Waals surface area contributed by atoms with Crippen LogP contribution in [0.15, 0.2) is 18.2 Å². The van der Waals surface area contributed by atoms with Gasteiger partial charge in [-0.15, -0.1) is 0 Å². The fourth-order valence-electron chi connectivity index (χ4n) is 2.70. The first-order valence-corrected chi connectivity index (χ1v) is 7.37. The molecule has 1 fully saturated rings. The van der Waals surface area contributed by atoms with Crippen LogP contribution in [0.1, 0.15) is 25.3 Å². The molecule has 1 N–H and O–H groups in total. The molecule has 1 aliphatic heterocycles. The van der Waals surface area contributed by atoms with Crippen LogP contribution in [0.4, 0.5) is 5.69 Å². The molecule has 2 rings (SSSR count). The Morgan fingerprint density at radius 1 is 1.55 bits per heavy atom. The summed E-state index contributed by atoms with van der Waals surface area (Å²) in [5.74, 6) is 0. The summed E-state index contributed by atoms with van der Waals surface area (Å²) < 4.78 is 0. The molecule has 0 spiro atoms. The fraction of sp³-hybridized carbons (Fsp3) is 0.571. The van der Waals surface area contributed by atoms with Crippen molar-refractivity contribution >= 4 is 17.3 Å². The molecule has 5 nitrogen and oxygen atoms in total. The summed E-state index contributed by atoms with van der Waals surface area (Å²) >= 11 is 5.85. The third kappa shape index (κ3) is 3.69. The number of nitro benzene ring substituents is 1. The van der Waals surface area contributed by atoms with E-state index in [0.717, 1.165) is 38.0 Å². The quantitative estimate of drug-likeness (QED) is 0.671. The number of piperidine rings is 1. The maximum absolute atomic E-state index is 11.1. The molecule has 1 aliphatic rings. The van der Waals surface area contributed by atoms with E-state index in [1.165, 1.54) is 6.07 Å². The Morgan fingerprint density at radius 3 is 2.95 bits per heavy atom. The van der Waals surface area contributed by atoms with Gasteiger partial charge in [0.2, 0.25) is 0 Å². The molecule has 1 saturated heterocycles. The minimum atomic E-state index is -0.353. The molecule has 1 heterocycles. The second-order valence-corrected chi connectivity index (χ2v) is 5.53. The Morgan fingerprint density at radius 2 is 2.35 bits per heavy atom. The van der Waals surface area contributed by atoms with E-state index in [2.05, 4.69) is 17.1 Å². The first-order valence-electron chi connectivity index (χ1n) is 6.99. The van der Waals surface area contributed by atoms with Crippen LogP contribution in [-0.2, 0) is 6.54 Å². The largest absolute Gasteiger partial charge is 0.315 e. The second kappa shape index (κ2) is 7.02. The Labute approximate surface area is 124 Å². The van der Waals surface area contributed by atoms with Crippen molar-refractivity contribution in [1.29, 1.82) is 0 Å². The highest BCUT2D eigenvalue weighted by atomic mass is 35.5. The molecule has 0 saturated carbocycles.